The number of fused-ring (bicyclic) bond motifs is 4. The van der Waals surface area contributed by atoms with Crippen LogP contribution in [0.4, 0.5) is 0 Å². The Morgan fingerprint density at radius 1 is 0.744 bits per heavy atom. The van der Waals surface area contributed by atoms with Crippen LogP contribution in [0, 0.1) is 0 Å². The highest BCUT2D eigenvalue weighted by Gasteiger charge is 2.17. The first-order valence-corrected chi connectivity index (χ1v) is 14.2. The Bertz CT molecular complexity index is 1950. The van der Waals surface area contributed by atoms with Crippen LogP contribution in [-0.4, -0.2) is 4.57 Å². The quantitative estimate of drug-likeness (QED) is 0.192. The summed E-state index contributed by atoms with van der Waals surface area (Å²) in [6, 6.07) is 31.1. The average molecular weight is 522 g/mol. The summed E-state index contributed by atoms with van der Waals surface area (Å²) in [6.07, 6.45) is 12.7. The van der Waals surface area contributed by atoms with E-state index in [1.54, 1.807) is 0 Å². The molecule has 2 aromatic heterocycles. The lowest BCUT2D eigenvalue weighted by molar-refractivity contribution is 1.11. The number of aromatic nitrogens is 1. The van der Waals surface area contributed by atoms with E-state index in [1.165, 1.54) is 53.3 Å². The molecule has 0 aliphatic carbocycles. The number of rotatable bonds is 6. The van der Waals surface area contributed by atoms with Crippen molar-refractivity contribution in [3.8, 4) is 16.8 Å². The number of hydrogen-bond acceptors (Lipinski definition) is 1. The smallest absolute Gasteiger partial charge is 0.0541 e. The van der Waals surface area contributed by atoms with Crippen molar-refractivity contribution in [1.82, 2.24) is 4.57 Å². The number of nitrogens with zero attached hydrogens (tertiary/aromatic N) is 1. The van der Waals surface area contributed by atoms with E-state index in [2.05, 4.69) is 147 Å². The topological polar surface area (TPSA) is 4.93 Å². The van der Waals surface area contributed by atoms with Crippen molar-refractivity contribution in [2.45, 2.75) is 20.8 Å². The third-order valence-corrected chi connectivity index (χ3v) is 8.53. The molecule has 6 rings (SSSR count). The van der Waals surface area contributed by atoms with Crippen molar-refractivity contribution < 1.29 is 0 Å². The molecule has 0 bridgehead atoms. The Morgan fingerprint density at radius 3 is 2.36 bits per heavy atom. The predicted octanol–water partition coefficient (Wildman–Crippen LogP) is 11.3. The standard InChI is InChI=1S/C37H31NS/c1-5-12-25(7-3)26-14-11-15-27(22-26)28-18-20-35-32(23-28)30(8-4)34(13-6-2)38(35)29-19-21-37-33(24-29)31-16-9-10-17-36(31)39-37/h5-24H,4H2,1-3H3/b12-5-,13-6-,25-7+. The van der Waals surface area contributed by atoms with E-state index in [0.29, 0.717) is 0 Å². The fourth-order valence-corrected chi connectivity index (χ4v) is 6.69. The van der Waals surface area contributed by atoms with Gasteiger partial charge in [0.2, 0.25) is 0 Å². The van der Waals surface area contributed by atoms with Gasteiger partial charge in [-0.2, -0.15) is 0 Å². The summed E-state index contributed by atoms with van der Waals surface area (Å²) in [5, 5.41) is 3.82. The lowest BCUT2D eigenvalue weighted by Gasteiger charge is -2.11. The second kappa shape index (κ2) is 10.4. The molecule has 6 aromatic rings. The molecule has 190 valence electrons. The number of hydrogen-bond donors (Lipinski definition) is 0. The van der Waals surface area contributed by atoms with Crippen molar-refractivity contribution in [1.29, 1.82) is 0 Å². The SMILES string of the molecule is C=Cc1c(/C=C\C)n(-c2ccc3sc4ccccc4c3c2)c2ccc(-c3cccc(C(/C=C\C)=C/C)c3)cc12. The summed E-state index contributed by atoms with van der Waals surface area (Å²) in [5.74, 6) is 0. The van der Waals surface area contributed by atoms with E-state index in [4.69, 9.17) is 0 Å². The zero-order chi connectivity index (χ0) is 26.9. The first-order valence-electron chi connectivity index (χ1n) is 13.4. The highest BCUT2D eigenvalue weighted by Crippen LogP contribution is 2.38. The molecule has 0 radical (unpaired) electrons. The first kappa shape index (κ1) is 24.9. The van der Waals surface area contributed by atoms with E-state index in [9.17, 15) is 0 Å². The lowest BCUT2D eigenvalue weighted by Crippen LogP contribution is -1.97. The molecule has 0 amide bonds. The highest BCUT2D eigenvalue weighted by atomic mass is 32.1. The Labute approximate surface area is 234 Å². The second-order valence-electron chi connectivity index (χ2n) is 9.67. The average Bonchev–Trinajstić information content (AvgIpc) is 3.50. The van der Waals surface area contributed by atoms with Gasteiger partial charge in [0, 0.05) is 36.8 Å². The molecule has 0 atom stereocenters. The van der Waals surface area contributed by atoms with Gasteiger partial charge in [0.1, 0.15) is 0 Å². The fraction of sp³-hybridized carbons (Fsp3) is 0.0811. The Morgan fingerprint density at radius 2 is 1.56 bits per heavy atom. The Kier molecular flexibility index (Phi) is 6.64. The Balaban J connectivity index is 1.57. The maximum absolute atomic E-state index is 4.22. The molecule has 4 aromatic carbocycles. The molecule has 0 fully saturated rings. The van der Waals surface area contributed by atoms with Crippen LogP contribution in [0.1, 0.15) is 37.6 Å². The summed E-state index contributed by atoms with van der Waals surface area (Å²) < 4.78 is 5.01. The van der Waals surface area contributed by atoms with Gasteiger partial charge in [-0.1, -0.05) is 79.4 Å². The van der Waals surface area contributed by atoms with Gasteiger partial charge in [0.25, 0.3) is 0 Å². The van der Waals surface area contributed by atoms with E-state index in [1.807, 2.05) is 17.4 Å². The zero-order valence-corrected chi connectivity index (χ0v) is 23.4. The van der Waals surface area contributed by atoms with Crippen LogP contribution in [-0.2, 0) is 0 Å². The summed E-state index contributed by atoms with van der Waals surface area (Å²) in [7, 11) is 0. The molecule has 0 saturated heterocycles. The largest absolute Gasteiger partial charge is 0.309 e. The van der Waals surface area contributed by atoms with Gasteiger partial charge in [-0.3, -0.25) is 0 Å². The van der Waals surface area contributed by atoms with Crippen molar-refractivity contribution in [2.24, 2.45) is 0 Å². The minimum atomic E-state index is 1.15. The van der Waals surface area contributed by atoms with Gasteiger partial charge >= 0.3 is 0 Å². The van der Waals surface area contributed by atoms with E-state index >= 15 is 0 Å². The van der Waals surface area contributed by atoms with Crippen molar-refractivity contribution >= 4 is 60.1 Å². The van der Waals surface area contributed by atoms with Gasteiger partial charge in [0.15, 0.2) is 0 Å². The summed E-state index contributed by atoms with van der Waals surface area (Å²) in [5.41, 5.74) is 9.50. The second-order valence-corrected chi connectivity index (χ2v) is 10.8. The van der Waals surface area contributed by atoms with Gasteiger partial charge in [0.05, 0.1) is 11.2 Å². The number of benzene rings is 4. The molecule has 0 aliphatic heterocycles. The van der Waals surface area contributed by atoms with E-state index < -0.39 is 0 Å². The molecule has 2 heteroatoms. The van der Waals surface area contributed by atoms with Gasteiger partial charge in [-0.25, -0.2) is 0 Å². The molecule has 0 spiro atoms. The zero-order valence-electron chi connectivity index (χ0n) is 22.6. The monoisotopic (exact) mass is 521 g/mol. The Hall–Kier alpha value is -4.40. The van der Waals surface area contributed by atoms with Crippen LogP contribution in [0.25, 0.3) is 65.6 Å². The molecule has 0 saturated carbocycles. The minimum Gasteiger partial charge on any atom is -0.309 e. The maximum Gasteiger partial charge on any atom is 0.0541 e. The molecular weight excluding hydrogens is 490 g/mol. The summed E-state index contributed by atoms with van der Waals surface area (Å²) >= 11 is 1.85. The van der Waals surface area contributed by atoms with Crippen molar-refractivity contribution in [3.63, 3.8) is 0 Å². The predicted molar refractivity (Wildman–Crippen MR) is 175 cm³/mol. The third kappa shape index (κ3) is 4.27. The molecule has 0 N–H and O–H groups in total. The number of thiophene rings is 1. The molecule has 39 heavy (non-hydrogen) atoms. The fourth-order valence-electron chi connectivity index (χ4n) is 5.60. The molecule has 0 unspecified atom stereocenters. The van der Waals surface area contributed by atoms with Crippen molar-refractivity contribution in [3.05, 3.63) is 133 Å². The van der Waals surface area contributed by atoms with E-state index in [-0.39, 0.29) is 0 Å². The highest BCUT2D eigenvalue weighted by molar-refractivity contribution is 7.25. The van der Waals surface area contributed by atoms with Crippen molar-refractivity contribution in [2.75, 3.05) is 0 Å². The van der Waals surface area contributed by atoms with Crippen LogP contribution < -0.4 is 0 Å². The van der Waals surface area contributed by atoms with Gasteiger partial charge < -0.3 is 4.57 Å². The van der Waals surface area contributed by atoms with Gasteiger partial charge in [-0.05, 0) is 91.6 Å². The van der Waals surface area contributed by atoms with Crippen LogP contribution in [0.3, 0.4) is 0 Å². The maximum atomic E-state index is 4.22. The van der Waals surface area contributed by atoms with E-state index in [0.717, 1.165) is 16.9 Å². The summed E-state index contributed by atoms with van der Waals surface area (Å²) in [6.45, 7) is 10.4. The third-order valence-electron chi connectivity index (χ3n) is 7.38. The molecule has 1 nitrogen and oxygen atoms in total. The first-order chi connectivity index (χ1) is 19.2. The van der Waals surface area contributed by atoms with Crippen LogP contribution >= 0.6 is 11.3 Å². The molecule has 0 aliphatic rings. The normalized spacial score (nSPS) is 12.5. The molecular formula is C37H31NS. The minimum absolute atomic E-state index is 1.15. The van der Waals surface area contributed by atoms with Crippen LogP contribution in [0.2, 0.25) is 0 Å². The van der Waals surface area contributed by atoms with Crippen LogP contribution in [0.15, 0.2) is 116 Å². The lowest BCUT2D eigenvalue weighted by atomic mass is 9.97. The van der Waals surface area contributed by atoms with Crippen LogP contribution in [0.5, 0.6) is 0 Å². The van der Waals surface area contributed by atoms with Gasteiger partial charge in [-0.15, -0.1) is 11.3 Å². The number of allylic oxidation sites excluding steroid dienone is 5. The molecule has 2 heterocycles. The summed E-state index contributed by atoms with van der Waals surface area (Å²) in [4.78, 5) is 0.